The van der Waals surface area contributed by atoms with Crippen molar-refractivity contribution in [1.82, 2.24) is 0 Å². The third kappa shape index (κ3) is 31.0. The van der Waals surface area contributed by atoms with Crippen molar-refractivity contribution in [1.29, 1.82) is 0 Å². The summed E-state index contributed by atoms with van der Waals surface area (Å²) < 4.78 is 34.2. The molecule has 6 unspecified atom stereocenters. The van der Waals surface area contributed by atoms with Crippen LogP contribution in [0.5, 0.6) is 0 Å². The maximum atomic E-state index is 12.8. The number of phosphoric ester groups is 1. The Balaban J connectivity index is 2.40. The summed E-state index contributed by atoms with van der Waals surface area (Å²) in [5.41, 5.74) is 0. The molecule has 360 valence electrons. The van der Waals surface area contributed by atoms with E-state index in [-0.39, 0.29) is 13.0 Å². The molecule has 1 rings (SSSR count). The fourth-order valence-electron chi connectivity index (χ4n) is 7.09. The van der Waals surface area contributed by atoms with E-state index < -0.39 is 63.1 Å². The van der Waals surface area contributed by atoms with Gasteiger partial charge in [0.25, 0.3) is 0 Å². The molecule has 1 saturated carbocycles. The molecule has 12 nitrogen and oxygen atoms in total. The van der Waals surface area contributed by atoms with Crippen LogP contribution < -0.4 is 0 Å². The van der Waals surface area contributed by atoms with Crippen molar-refractivity contribution in [2.24, 2.45) is 0 Å². The first-order valence-electron chi connectivity index (χ1n) is 24.1. The van der Waals surface area contributed by atoms with Gasteiger partial charge >= 0.3 is 13.8 Å². The number of rotatable bonds is 40. The fourth-order valence-corrected chi connectivity index (χ4v) is 8.06. The maximum Gasteiger partial charge on any atom is 0.472 e. The predicted molar refractivity (Wildman–Crippen MR) is 248 cm³/mol. The average molecular weight is 899 g/mol. The molecule has 0 spiro atoms. The number of unbranched alkanes of at least 4 members (excludes halogenated alkanes) is 18. The third-order valence-electron chi connectivity index (χ3n) is 10.9. The number of carbonyl (C=O) groups excluding carboxylic acids is 1. The van der Waals surface area contributed by atoms with Gasteiger partial charge in [-0.05, 0) is 57.8 Å². The molecule has 6 atom stereocenters. The second kappa shape index (κ2) is 39.4. The normalized spacial score (nSPS) is 22.5. The summed E-state index contributed by atoms with van der Waals surface area (Å²) in [5.74, 6) is -0.487. The Morgan fingerprint density at radius 1 is 0.532 bits per heavy atom. The molecule has 0 heterocycles. The van der Waals surface area contributed by atoms with E-state index in [1.165, 1.54) is 70.6 Å². The Labute approximate surface area is 375 Å². The lowest BCUT2D eigenvalue weighted by Gasteiger charge is -2.41. The molecule has 0 aromatic heterocycles. The van der Waals surface area contributed by atoms with Crippen LogP contribution in [-0.4, -0.2) is 98.9 Å². The average Bonchev–Trinajstić information content (AvgIpc) is 3.26. The topological polar surface area (TPSA) is 192 Å². The Bertz CT molecular complexity index is 1250. The van der Waals surface area contributed by atoms with E-state index in [2.05, 4.69) is 74.6 Å². The van der Waals surface area contributed by atoms with Crippen LogP contribution in [-0.2, 0) is 27.9 Å². The van der Waals surface area contributed by atoms with Gasteiger partial charge in [-0.1, -0.05) is 177 Å². The van der Waals surface area contributed by atoms with Crippen molar-refractivity contribution in [3.05, 3.63) is 60.8 Å². The van der Waals surface area contributed by atoms with E-state index in [0.717, 1.165) is 83.5 Å². The van der Waals surface area contributed by atoms with Crippen LogP contribution in [0.15, 0.2) is 60.8 Å². The summed E-state index contributed by atoms with van der Waals surface area (Å²) in [5, 5.41) is 50.2. The molecule has 1 aliphatic carbocycles. The molecular weight excluding hydrogens is 812 g/mol. The first-order chi connectivity index (χ1) is 30.0. The highest BCUT2D eigenvalue weighted by Gasteiger charge is 2.51. The molecule has 0 aromatic rings. The third-order valence-corrected chi connectivity index (χ3v) is 11.9. The van der Waals surface area contributed by atoms with Crippen molar-refractivity contribution >= 4 is 13.8 Å². The zero-order valence-electron chi connectivity index (χ0n) is 38.4. The van der Waals surface area contributed by atoms with Gasteiger partial charge < -0.3 is 39.9 Å². The lowest BCUT2D eigenvalue weighted by Crippen LogP contribution is -2.64. The molecule has 62 heavy (non-hydrogen) atoms. The predicted octanol–water partition coefficient (Wildman–Crippen LogP) is 10.2. The number of hydrogen-bond acceptors (Lipinski definition) is 11. The van der Waals surface area contributed by atoms with Crippen LogP contribution in [0.1, 0.15) is 181 Å². The Morgan fingerprint density at radius 3 is 1.45 bits per heavy atom. The Kier molecular flexibility index (Phi) is 36.9. The lowest BCUT2D eigenvalue weighted by molar-refractivity contribution is -0.220. The van der Waals surface area contributed by atoms with Crippen molar-refractivity contribution in [2.45, 2.75) is 224 Å². The second-order valence-electron chi connectivity index (χ2n) is 16.6. The molecule has 1 aliphatic rings. The molecule has 0 aromatic carbocycles. The number of carbonyl (C=O) groups is 1. The largest absolute Gasteiger partial charge is 0.472 e. The number of esters is 1. The Morgan fingerprint density at radius 2 is 0.952 bits per heavy atom. The first kappa shape index (κ1) is 58.1. The highest BCUT2D eigenvalue weighted by molar-refractivity contribution is 7.47. The Hall–Kier alpha value is -1.96. The van der Waals surface area contributed by atoms with Gasteiger partial charge in [0.1, 0.15) is 42.7 Å². The van der Waals surface area contributed by atoms with Crippen LogP contribution in [0.25, 0.3) is 0 Å². The molecule has 0 radical (unpaired) electrons. The van der Waals surface area contributed by atoms with E-state index in [1.807, 2.05) is 0 Å². The lowest BCUT2D eigenvalue weighted by atomic mass is 9.85. The van der Waals surface area contributed by atoms with Crippen molar-refractivity contribution < 1.29 is 58.3 Å². The summed E-state index contributed by atoms with van der Waals surface area (Å²) in [7, 11) is -5.03. The minimum atomic E-state index is -5.03. The minimum absolute atomic E-state index is 0.0943. The van der Waals surface area contributed by atoms with Crippen molar-refractivity contribution in [3.63, 3.8) is 0 Å². The van der Waals surface area contributed by atoms with Gasteiger partial charge in [-0.25, -0.2) is 4.57 Å². The zero-order chi connectivity index (χ0) is 45.5. The van der Waals surface area contributed by atoms with Gasteiger partial charge in [0.2, 0.25) is 0 Å². The fraction of sp³-hybridized carbons (Fsp3) is 0.776. The molecule has 13 heteroatoms. The van der Waals surface area contributed by atoms with E-state index in [4.69, 9.17) is 18.5 Å². The second-order valence-corrected chi connectivity index (χ2v) is 18.0. The standard InChI is InChI=1S/C49H87O12P/c1-3-5-7-9-11-13-15-17-19-20-21-22-23-25-27-29-31-33-35-37-39-58-40-42(41-59-62(56,57)61-49-47(54)45(52)44(51)46(53)48(49)55)60-43(50)38-36-34-32-30-28-26-24-18-16-14-12-10-8-6-4-2/h5,7,11,13,17,19,21-22,25,27,42,44-49,51-55H,3-4,6,8-10,12,14-16,18,20,23-24,26,28-41H2,1-2H3,(H,56,57)/b7-5-,13-11-,19-17-,22-21-,27-25-. The molecule has 0 aliphatic heterocycles. The maximum absolute atomic E-state index is 12.8. The number of aliphatic hydroxyl groups excluding tert-OH is 5. The summed E-state index contributed by atoms with van der Waals surface area (Å²) >= 11 is 0. The summed E-state index contributed by atoms with van der Waals surface area (Å²) in [6.07, 6.45) is 37.1. The van der Waals surface area contributed by atoms with Crippen molar-refractivity contribution in [2.75, 3.05) is 19.8 Å². The zero-order valence-corrected chi connectivity index (χ0v) is 39.3. The van der Waals surface area contributed by atoms with Crippen molar-refractivity contribution in [3.8, 4) is 0 Å². The first-order valence-corrected chi connectivity index (χ1v) is 25.6. The smallest absolute Gasteiger partial charge is 0.457 e. The summed E-state index contributed by atoms with van der Waals surface area (Å²) in [4.78, 5) is 23.2. The SMILES string of the molecule is CC/C=C\C/C=C\C/C=C\C/C=C\C/C=C\CCCCCCOCC(COP(=O)(O)OC1C(O)C(O)C(O)C(O)C1O)OC(=O)CCCCCCCCCCCCCCCCC. The van der Waals surface area contributed by atoms with E-state index >= 15 is 0 Å². The van der Waals surface area contributed by atoms with Gasteiger partial charge in [-0.15, -0.1) is 0 Å². The van der Waals surface area contributed by atoms with E-state index in [1.54, 1.807) is 0 Å². The highest BCUT2D eigenvalue weighted by Crippen LogP contribution is 2.47. The van der Waals surface area contributed by atoms with E-state index in [0.29, 0.717) is 13.0 Å². The van der Waals surface area contributed by atoms with Crippen LogP contribution in [0, 0.1) is 0 Å². The van der Waals surface area contributed by atoms with Gasteiger partial charge in [-0.3, -0.25) is 13.8 Å². The van der Waals surface area contributed by atoms with Crippen LogP contribution >= 0.6 is 7.82 Å². The number of ether oxygens (including phenoxy) is 2. The summed E-state index contributed by atoms with van der Waals surface area (Å²) in [6, 6.07) is 0. The number of hydrogen-bond donors (Lipinski definition) is 6. The quantitative estimate of drug-likeness (QED) is 0.0148. The number of phosphoric acid groups is 1. The van der Waals surface area contributed by atoms with Crippen LogP contribution in [0.2, 0.25) is 0 Å². The monoisotopic (exact) mass is 899 g/mol. The van der Waals surface area contributed by atoms with Gasteiger partial charge in [0, 0.05) is 13.0 Å². The number of allylic oxidation sites excluding steroid dienone is 10. The molecule has 1 fully saturated rings. The molecule has 6 N–H and O–H groups in total. The van der Waals surface area contributed by atoms with Gasteiger partial charge in [-0.2, -0.15) is 0 Å². The highest BCUT2D eigenvalue weighted by atomic mass is 31.2. The minimum Gasteiger partial charge on any atom is -0.457 e. The van der Waals surface area contributed by atoms with Crippen LogP contribution in [0.4, 0.5) is 0 Å². The molecule has 0 amide bonds. The van der Waals surface area contributed by atoms with Crippen LogP contribution in [0.3, 0.4) is 0 Å². The molecule has 0 saturated heterocycles. The van der Waals surface area contributed by atoms with Gasteiger partial charge in [0.15, 0.2) is 0 Å². The van der Waals surface area contributed by atoms with Gasteiger partial charge in [0.05, 0.1) is 13.2 Å². The van der Waals surface area contributed by atoms with E-state index in [9.17, 15) is 39.8 Å². The number of aliphatic hydroxyl groups is 5. The molecule has 0 bridgehead atoms. The summed E-state index contributed by atoms with van der Waals surface area (Å²) in [6.45, 7) is 4.09. The molecular formula is C49H87O12P.